The molecule has 0 radical (unpaired) electrons. The Labute approximate surface area is 178 Å². The highest BCUT2D eigenvalue weighted by Gasteiger charge is 2.37. The summed E-state index contributed by atoms with van der Waals surface area (Å²) >= 11 is 6.41. The van der Waals surface area contributed by atoms with E-state index in [4.69, 9.17) is 11.6 Å². The number of amides is 1. The summed E-state index contributed by atoms with van der Waals surface area (Å²) in [5, 5.41) is 3.94. The first kappa shape index (κ1) is 18.6. The minimum absolute atomic E-state index is 0.0962. The van der Waals surface area contributed by atoms with Crippen molar-refractivity contribution in [3.05, 3.63) is 77.3 Å². The standard InChI is InChI=1S/C22H19ClN6O/c1-13(28-21-19-20(25-11-24-19)26-12-27-21)17-10-14-6-5-9-16(23)18(14)22(30)29(17)15-7-3-2-4-8-15/h2-9,11-13,17H,10H2,1H3,(H2,24,25,26,27,28). The van der Waals surface area contributed by atoms with Crippen molar-refractivity contribution in [3.8, 4) is 0 Å². The topological polar surface area (TPSA) is 86.8 Å². The second-order valence-corrected chi connectivity index (χ2v) is 7.72. The van der Waals surface area contributed by atoms with E-state index in [1.165, 1.54) is 6.33 Å². The number of aromatic nitrogens is 4. The average molecular weight is 419 g/mol. The van der Waals surface area contributed by atoms with Crippen molar-refractivity contribution < 1.29 is 4.79 Å². The van der Waals surface area contributed by atoms with Gasteiger partial charge in [-0.1, -0.05) is 41.9 Å². The lowest BCUT2D eigenvalue weighted by Gasteiger charge is -2.40. The van der Waals surface area contributed by atoms with Crippen LogP contribution in [0.2, 0.25) is 5.02 Å². The molecule has 0 saturated carbocycles. The van der Waals surface area contributed by atoms with Crippen molar-refractivity contribution in [1.29, 1.82) is 0 Å². The fourth-order valence-electron chi connectivity index (χ4n) is 4.05. The maximum atomic E-state index is 13.5. The number of nitrogens with one attached hydrogen (secondary N) is 2. The van der Waals surface area contributed by atoms with Crippen LogP contribution < -0.4 is 10.2 Å². The second kappa shape index (κ2) is 7.42. The van der Waals surface area contributed by atoms with E-state index >= 15 is 0 Å². The first-order chi connectivity index (χ1) is 14.6. The van der Waals surface area contributed by atoms with Crippen LogP contribution in [0.1, 0.15) is 22.8 Å². The van der Waals surface area contributed by atoms with Crippen LogP contribution >= 0.6 is 11.6 Å². The van der Waals surface area contributed by atoms with E-state index in [0.717, 1.165) is 16.8 Å². The quantitative estimate of drug-likeness (QED) is 0.521. The first-order valence-electron chi connectivity index (χ1n) is 9.70. The monoisotopic (exact) mass is 418 g/mol. The number of benzene rings is 2. The van der Waals surface area contributed by atoms with Crippen LogP contribution in [0.3, 0.4) is 0 Å². The largest absolute Gasteiger partial charge is 0.364 e. The Kier molecular flexibility index (Phi) is 4.59. The van der Waals surface area contributed by atoms with Crippen molar-refractivity contribution in [1.82, 2.24) is 19.9 Å². The van der Waals surface area contributed by atoms with E-state index in [2.05, 4.69) is 25.3 Å². The van der Waals surface area contributed by atoms with Crippen LogP contribution in [0.5, 0.6) is 0 Å². The highest BCUT2D eigenvalue weighted by atomic mass is 35.5. The fraction of sp³-hybridized carbons (Fsp3) is 0.182. The molecule has 7 nitrogen and oxygen atoms in total. The van der Waals surface area contributed by atoms with Crippen molar-refractivity contribution in [2.75, 3.05) is 10.2 Å². The fourth-order valence-corrected chi connectivity index (χ4v) is 4.33. The zero-order valence-electron chi connectivity index (χ0n) is 16.2. The van der Waals surface area contributed by atoms with Gasteiger partial charge in [-0.15, -0.1) is 0 Å². The van der Waals surface area contributed by atoms with Crippen LogP contribution in [0.15, 0.2) is 61.2 Å². The van der Waals surface area contributed by atoms with Gasteiger partial charge in [0.2, 0.25) is 0 Å². The van der Waals surface area contributed by atoms with Gasteiger partial charge in [-0.25, -0.2) is 15.0 Å². The molecule has 1 amide bonds. The number of fused-ring (bicyclic) bond motifs is 2. The lowest BCUT2D eigenvalue weighted by Crippen LogP contribution is -2.53. The van der Waals surface area contributed by atoms with Crippen LogP contribution in [0.4, 0.5) is 11.5 Å². The smallest absolute Gasteiger partial charge is 0.260 e. The molecule has 2 unspecified atom stereocenters. The Morgan fingerprint density at radius 3 is 2.80 bits per heavy atom. The summed E-state index contributed by atoms with van der Waals surface area (Å²) in [6, 6.07) is 15.1. The number of halogens is 1. The SMILES string of the molecule is CC(Nc1ncnc2nc[nH]c12)C1Cc2cccc(Cl)c2C(=O)N1c1ccccc1. The van der Waals surface area contributed by atoms with Gasteiger partial charge in [-0.3, -0.25) is 4.79 Å². The Hall–Kier alpha value is -3.45. The highest BCUT2D eigenvalue weighted by molar-refractivity contribution is 6.35. The number of para-hydroxylation sites is 1. The summed E-state index contributed by atoms with van der Waals surface area (Å²) in [6.07, 6.45) is 3.74. The number of carbonyl (C=O) groups excluding carboxylic acids is 1. The maximum absolute atomic E-state index is 13.5. The predicted octanol–water partition coefficient (Wildman–Crippen LogP) is 4.08. The number of hydrogen-bond acceptors (Lipinski definition) is 5. The second-order valence-electron chi connectivity index (χ2n) is 7.31. The third-order valence-corrected chi connectivity index (χ3v) is 5.81. The number of rotatable bonds is 4. The Balaban J connectivity index is 1.56. The van der Waals surface area contributed by atoms with E-state index in [9.17, 15) is 4.79 Å². The number of nitrogens with zero attached hydrogens (tertiary/aromatic N) is 4. The Morgan fingerprint density at radius 2 is 1.97 bits per heavy atom. The zero-order valence-corrected chi connectivity index (χ0v) is 17.0. The number of imidazole rings is 1. The van der Waals surface area contributed by atoms with E-state index in [1.54, 1.807) is 12.4 Å². The maximum Gasteiger partial charge on any atom is 0.260 e. The number of H-pyrrole nitrogens is 1. The molecule has 2 aromatic carbocycles. The zero-order chi connectivity index (χ0) is 20.7. The van der Waals surface area contributed by atoms with Gasteiger partial charge in [0, 0.05) is 11.7 Å². The number of hydrogen-bond donors (Lipinski definition) is 2. The van der Waals surface area contributed by atoms with Crippen LogP contribution in [-0.4, -0.2) is 37.9 Å². The molecule has 2 aromatic heterocycles. The van der Waals surface area contributed by atoms with Crippen molar-refractivity contribution >= 4 is 40.2 Å². The molecule has 0 fully saturated rings. The molecule has 0 bridgehead atoms. The Morgan fingerprint density at radius 1 is 1.13 bits per heavy atom. The average Bonchev–Trinajstić information content (AvgIpc) is 3.24. The molecule has 0 aliphatic carbocycles. The molecule has 2 N–H and O–H groups in total. The number of carbonyl (C=O) groups is 1. The highest BCUT2D eigenvalue weighted by Crippen LogP contribution is 2.34. The third kappa shape index (κ3) is 3.07. The minimum Gasteiger partial charge on any atom is -0.364 e. The lowest BCUT2D eigenvalue weighted by molar-refractivity contribution is 0.0965. The van der Waals surface area contributed by atoms with Gasteiger partial charge in [-0.05, 0) is 37.1 Å². The van der Waals surface area contributed by atoms with Gasteiger partial charge < -0.3 is 15.2 Å². The summed E-state index contributed by atoms with van der Waals surface area (Å²) in [5.41, 5.74) is 3.69. The molecule has 150 valence electrons. The third-order valence-electron chi connectivity index (χ3n) is 5.49. The molecule has 0 saturated heterocycles. The molecule has 3 heterocycles. The number of aromatic amines is 1. The van der Waals surface area contributed by atoms with Gasteiger partial charge in [0.25, 0.3) is 5.91 Å². The molecule has 1 aliphatic rings. The Bertz CT molecular complexity index is 1220. The van der Waals surface area contributed by atoms with Crippen LogP contribution in [-0.2, 0) is 6.42 Å². The molecular weight excluding hydrogens is 400 g/mol. The summed E-state index contributed by atoms with van der Waals surface area (Å²) in [6.45, 7) is 2.05. The normalized spacial score (nSPS) is 17.1. The van der Waals surface area contributed by atoms with E-state index < -0.39 is 0 Å². The molecule has 2 atom stereocenters. The van der Waals surface area contributed by atoms with Crippen molar-refractivity contribution in [2.24, 2.45) is 0 Å². The van der Waals surface area contributed by atoms with E-state index in [0.29, 0.717) is 28.5 Å². The summed E-state index contributed by atoms with van der Waals surface area (Å²) in [5.74, 6) is 0.559. The molecule has 30 heavy (non-hydrogen) atoms. The van der Waals surface area contributed by atoms with Crippen molar-refractivity contribution in [2.45, 2.75) is 25.4 Å². The van der Waals surface area contributed by atoms with Crippen molar-refractivity contribution in [3.63, 3.8) is 0 Å². The molecule has 0 spiro atoms. The summed E-state index contributed by atoms with van der Waals surface area (Å²) in [7, 11) is 0. The summed E-state index contributed by atoms with van der Waals surface area (Å²) in [4.78, 5) is 31.2. The molecule has 4 aromatic rings. The van der Waals surface area contributed by atoms with Crippen LogP contribution in [0.25, 0.3) is 11.2 Å². The molecule has 8 heteroatoms. The van der Waals surface area contributed by atoms with Gasteiger partial charge in [0.1, 0.15) is 11.8 Å². The first-order valence-corrected chi connectivity index (χ1v) is 10.1. The van der Waals surface area contributed by atoms with Gasteiger partial charge in [0.15, 0.2) is 11.5 Å². The lowest BCUT2D eigenvalue weighted by atomic mass is 9.89. The molecule has 1 aliphatic heterocycles. The summed E-state index contributed by atoms with van der Waals surface area (Å²) < 4.78 is 0. The van der Waals surface area contributed by atoms with Gasteiger partial charge in [0.05, 0.1) is 23.0 Å². The van der Waals surface area contributed by atoms with Gasteiger partial charge >= 0.3 is 0 Å². The number of anilines is 2. The molecule has 5 rings (SSSR count). The van der Waals surface area contributed by atoms with E-state index in [1.807, 2.05) is 54.3 Å². The van der Waals surface area contributed by atoms with Gasteiger partial charge in [-0.2, -0.15) is 0 Å². The molecular formula is C22H19ClN6O. The minimum atomic E-state index is -0.140. The predicted molar refractivity (Wildman–Crippen MR) is 117 cm³/mol. The van der Waals surface area contributed by atoms with E-state index in [-0.39, 0.29) is 18.0 Å². The van der Waals surface area contributed by atoms with Crippen LogP contribution in [0, 0.1) is 0 Å².